The van der Waals surface area contributed by atoms with E-state index in [1.54, 1.807) is 18.7 Å². The molecule has 0 fully saturated rings. The zero-order valence-electron chi connectivity index (χ0n) is 15.8. The lowest BCUT2D eigenvalue weighted by molar-refractivity contribution is -0.116. The van der Waals surface area contributed by atoms with Crippen molar-refractivity contribution in [3.63, 3.8) is 0 Å². The molecule has 0 aliphatic heterocycles. The lowest BCUT2D eigenvalue weighted by Crippen LogP contribution is -2.15. The Labute approximate surface area is 168 Å². The number of amides is 1. The first-order chi connectivity index (χ1) is 13.1. The largest absolute Gasteiger partial charge is 0.462 e. The molecular formula is C21H25NO3S2. The van der Waals surface area contributed by atoms with E-state index in [9.17, 15) is 9.59 Å². The molecule has 1 aromatic heterocycles. The fourth-order valence-electron chi connectivity index (χ4n) is 3.16. The molecule has 0 spiro atoms. The second kappa shape index (κ2) is 9.42. The summed E-state index contributed by atoms with van der Waals surface area (Å²) >= 11 is 3.29. The lowest BCUT2D eigenvalue weighted by atomic mass is 10.1. The van der Waals surface area contributed by atoms with Crippen LogP contribution in [0.15, 0.2) is 29.2 Å². The molecule has 0 radical (unpaired) electrons. The van der Waals surface area contributed by atoms with Gasteiger partial charge in [-0.15, -0.1) is 23.1 Å². The van der Waals surface area contributed by atoms with Gasteiger partial charge in [0.25, 0.3) is 0 Å². The average Bonchev–Trinajstić information content (AvgIpc) is 3.21. The van der Waals surface area contributed by atoms with Crippen molar-refractivity contribution in [2.45, 2.75) is 50.8 Å². The molecule has 1 amide bonds. The fourth-order valence-corrected chi connectivity index (χ4v) is 5.30. The highest BCUT2D eigenvalue weighted by Crippen LogP contribution is 2.39. The van der Waals surface area contributed by atoms with Crippen LogP contribution in [0, 0.1) is 6.92 Å². The molecule has 1 aliphatic rings. The van der Waals surface area contributed by atoms with Gasteiger partial charge in [-0.2, -0.15) is 0 Å². The molecule has 3 rings (SSSR count). The Balaban J connectivity index is 1.53. The zero-order chi connectivity index (χ0) is 19.2. The van der Waals surface area contributed by atoms with Gasteiger partial charge in [0, 0.05) is 16.2 Å². The van der Waals surface area contributed by atoms with E-state index in [4.69, 9.17) is 4.74 Å². The number of rotatable bonds is 8. The number of carbonyl (C=O) groups excluding carboxylic acids is 2. The lowest BCUT2D eigenvalue weighted by Gasteiger charge is -2.08. The number of esters is 1. The second-order valence-corrected chi connectivity index (χ2v) is 8.87. The molecule has 0 saturated heterocycles. The predicted molar refractivity (Wildman–Crippen MR) is 112 cm³/mol. The molecule has 4 nitrogen and oxygen atoms in total. The van der Waals surface area contributed by atoms with Gasteiger partial charge in [0.15, 0.2) is 0 Å². The van der Waals surface area contributed by atoms with Crippen LogP contribution < -0.4 is 5.32 Å². The molecule has 1 heterocycles. The Kier molecular flexibility index (Phi) is 6.96. The number of thiophene rings is 1. The quantitative estimate of drug-likeness (QED) is 0.372. The molecule has 1 aromatic carbocycles. The summed E-state index contributed by atoms with van der Waals surface area (Å²) in [6, 6.07) is 8.42. The van der Waals surface area contributed by atoms with E-state index in [0.29, 0.717) is 23.6 Å². The summed E-state index contributed by atoms with van der Waals surface area (Å²) in [7, 11) is 0. The minimum Gasteiger partial charge on any atom is -0.462 e. The third kappa shape index (κ3) is 5.14. The number of ether oxygens (including phenoxy) is 1. The number of nitrogens with one attached hydrogen (secondary N) is 1. The van der Waals surface area contributed by atoms with Crippen LogP contribution in [0.1, 0.15) is 52.5 Å². The standard InChI is InChI=1S/C21H25NO3S2/c1-3-25-21(24)19-16-6-4-7-17(16)27-20(19)22-18(23)8-5-13-26-15-11-9-14(2)10-12-15/h9-12H,3-8,13H2,1-2H3,(H,22,23). The first kappa shape index (κ1) is 20.0. The smallest absolute Gasteiger partial charge is 0.341 e. The number of aryl methyl sites for hydroxylation is 2. The van der Waals surface area contributed by atoms with Crippen molar-refractivity contribution in [3.05, 3.63) is 45.8 Å². The average molecular weight is 404 g/mol. The van der Waals surface area contributed by atoms with Gasteiger partial charge in [0.1, 0.15) is 5.00 Å². The summed E-state index contributed by atoms with van der Waals surface area (Å²) in [4.78, 5) is 27.1. The summed E-state index contributed by atoms with van der Waals surface area (Å²) in [6.07, 6.45) is 4.18. The van der Waals surface area contributed by atoms with Crippen LogP contribution in [0.25, 0.3) is 0 Å². The van der Waals surface area contributed by atoms with Gasteiger partial charge in [-0.05, 0) is 63.0 Å². The predicted octanol–water partition coefficient (Wildman–Crippen LogP) is 5.23. The molecule has 27 heavy (non-hydrogen) atoms. The number of benzene rings is 1. The molecule has 2 aromatic rings. The molecular weight excluding hydrogens is 378 g/mol. The fraction of sp³-hybridized carbons (Fsp3) is 0.429. The number of anilines is 1. The Bertz CT molecular complexity index is 812. The molecule has 0 unspecified atom stereocenters. The van der Waals surface area contributed by atoms with Crippen molar-refractivity contribution in [2.75, 3.05) is 17.7 Å². The highest BCUT2D eigenvalue weighted by molar-refractivity contribution is 7.99. The third-order valence-corrected chi connectivity index (χ3v) is 6.80. The van der Waals surface area contributed by atoms with Crippen LogP contribution in [0.2, 0.25) is 0 Å². The van der Waals surface area contributed by atoms with E-state index >= 15 is 0 Å². The molecule has 0 bridgehead atoms. The van der Waals surface area contributed by atoms with Gasteiger partial charge in [-0.25, -0.2) is 4.79 Å². The highest BCUT2D eigenvalue weighted by atomic mass is 32.2. The number of thioether (sulfide) groups is 1. The van der Waals surface area contributed by atoms with E-state index in [0.717, 1.165) is 37.0 Å². The number of hydrogen-bond acceptors (Lipinski definition) is 5. The highest BCUT2D eigenvalue weighted by Gasteiger charge is 2.28. The van der Waals surface area contributed by atoms with E-state index in [1.807, 2.05) is 0 Å². The summed E-state index contributed by atoms with van der Waals surface area (Å²) in [5.74, 6) is 0.536. The van der Waals surface area contributed by atoms with E-state index < -0.39 is 0 Å². The zero-order valence-corrected chi connectivity index (χ0v) is 17.4. The summed E-state index contributed by atoms with van der Waals surface area (Å²) in [5, 5.41) is 3.62. The Morgan fingerprint density at radius 3 is 2.74 bits per heavy atom. The van der Waals surface area contributed by atoms with Gasteiger partial charge in [-0.1, -0.05) is 17.7 Å². The maximum Gasteiger partial charge on any atom is 0.341 e. The maximum atomic E-state index is 12.4. The number of carbonyl (C=O) groups is 2. The Morgan fingerprint density at radius 1 is 1.22 bits per heavy atom. The van der Waals surface area contributed by atoms with Gasteiger partial charge in [-0.3, -0.25) is 4.79 Å². The molecule has 0 atom stereocenters. The molecule has 144 valence electrons. The van der Waals surface area contributed by atoms with Crippen LogP contribution in [0.5, 0.6) is 0 Å². The van der Waals surface area contributed by atoms with Crippen LogP contribution in [0.3, 0.4) is 0 Å². The van der Waals surface area contributed by atoms with Crippen molar-refractivity contribution >= 4 is 40.0 Å². The third-order valence-electron chi connectivity index (χ3n) is 4.49. The summed E-state index contributed by atoms with van der Waals surface area (Å²) in [5.41, 5.74) is 2.90. The minimum absolute atomic E-state index is 0.0371. The van der Waals surface area contributed by atoms with Crippen LogP contribution in [-0.2, 0) is 22.4 Å². The minimum atomic E-state index is -0.317. The van der Waals surface area contributed by atoms with Crippen LogP contribution in [0.4, 0.5) is 5.00 Å². The van der Waals surface area contributed by atoms with Crippen molar-refractivity contribution in [1.29, 1.82) is 0 Å². The number of hydrogen-bond donors (Lipinski definition) is 1. The number of fused-ring (bicyclic) bond motifs is 1. The summed E-state index contributed by atoms with van der Waals surface area (Å²) < 4.78 is 5.20. The normalized spacial score (nSPS) is 12.7. The molecule has 1 N–H and O–H groups in total. The molecule has 1 aliphatic carbocycles. The van der Waals surface area contributed by atoms with Crippen molar-refractivity contribution < 1.29 is 14.3 Å². The van der Waals surface area contributed by atoms with Gasteiger partial charge in [0.05, 0.1) is 12.2 Å². The topological polar surface area (TPSA) is 55.4 Å². The maximum absolute atomic E-state index is 12.4. The van der Waals surface area contributed by atoms with E-state index in [1.165, 1.54) is 26.7 Å². The van der Waals surface area contributed by atoms with Gasteiger partial charge in [0.2, 0.25) is 5.91 Å². The Morgan fingerprint density at radius 2 is 2.00 bits per heavy atom. The molecule has 0 saturated carbocycles. The first-order valence-electron chi connectivity index (χ1n) is 9.39. The van der Waals surface area contributed by atoms with E-state index in [2.05, 4.69) is 36.5 Å². The monoisotopic (exact) mass is 403 g/mol. The summed E-state index contributed by atoms with van der Waals surface area (Å²) in [6.45, 7) is 4.21. The van der Waals surface area contributed by atoms with Gasteiger partial charge >= 0.3 is 5.97 Å². The van der Waals surface area contributed by atoms with Gasteiger partial charge < -0.3 is 10.1 Å². The SMILES string of the molecule is CCOC(=O)c1c(NC(=O)CCCSc2ccc(C)cc2)sc2c1CCC2. The van der Waals surface area contributed by atoms with Crippen molar-refractivity contribution in [1.82, 2.24) is 0 Å². The van der Waals surface area contributed by atoms with Crippen molar-refractivity contribution in [3.8, 4) is 0 Å². The first-order valence-corrected chi connectivity index (χ1v) is 11.2. The van der Waals surface area contributed by atoms with Crippen LogP contribution >= 0.6 is 23.1 Å². The Hall–Kier alpha value is -1.79. The van der Waals surface area contributed by atoms with Crippen molar-refractivity contribution in [2.24, 2.45) is 0 Å². The second-order valence-electron chi connectivity index (χ2n) is 6.60. The molecule has 6 heteroatoms. The van der Waals surface area contributed by atoms with Crippen LogP contribution in [-0.4, -0.2) is 24.2 Å². The van der Waals surface area contributed by atoms with E-state index in [-0.39, 0.29) is 11.9 Å².